The van der Waals surface area contributed by atoms with Crippen molar-refractivity contribution in [3.05, 3.63) is 48.5 Å². The SMILES string of the molecule is CC(=O)N1CCC1.CC(C)Nc1cc(-n2ncc3cc(C#N)cnc32)ncc1-c1ccno1. The van der Waals surface area contributed by atoms with Crippen molar-refractivity contribution in [2.24, 2.45) is 0 Å². The Morgan fingerprint density at radius 1 is 1.21 bits per heavy atom. The second-order valence-electron chi connectivity index (χ2n) is 7.93. The lowest BCUT2D eigenvalue weighted by atomic mass is 10.1. The molecule has 10 nitrogen and oxygen atoms in total. The molecule has 33 heavy (non-hydrogen) atoms. The first-order valence-corrected chi connectivity index (χ1v) is 10.6. The Hall–Kier alpha value is -4.26. The minimum Gasteiger partial charge on any atom is -0.382 e. The van der Waals surface area contributed by atoms with Gasteiger partial charge in [0.2, 0.25) is 5.91 Å². The summed E-state index contributed by atoms with van der Waals surface area (Å²) in [6, 6.07) is 7.73. The van der Waals surface area contributed by atoms with Crippen LogP contribution in [0.15, 0.2) is 47.5 Å². The molecule has 0 bridgehead atoms. The highest BCUT2D eigenvalue weighted by atomic mass is 16.5. The van der Waals surface area contributed by atoms with Gasteiger partial charge in [-0.3, -0.25) is 4.79 Å². The fourth-order valence-corrected chi connectivity index (χ4v) is 3.32. The van der Waals surface area contributed by atoms with Crippen LogP contribution in [-0.2, 0) is 4.79 Å². The van der Waals surface area contributed by atoms with E-state index in [0.29, 0.717) is 22.8 Å². The van der Waals surface area contributed by atoms with Gasteiger partial charge in [0.05, 0.1) is 29.2 Å². The molecule has 168 valence electrons. The Kier molecular flexibility index (Phi) is 6.31. The van der Waals surface area contributed by atoms with Gasteiger partial charge in [-0.15, -0.1) is 0 Å². The second kappa shape index (κ2) is 9.48. The molecule has 5 heterocycles. The topological polar surface area (TPSA) is 126 Å². The number of likely N-dealkylation sites (tertiary alicyclic amines) is 1. The standard InChI is InChI=1S/C18H15N7O.C5H9NO/c1-11(2)24-15-6-17(20-10-14(15)16-3-4-23-26-16)25-18-13(9-22-25)5-12(7-19)8-21-18;1-5(7)6-3-2-4-6/h3-6,8-11H,1-2H3,(H,20,24);2-4H2,1H3. The number of carbonyl (C=O) groups excluding carboxylic acids is 1. The number of carbonyl (C=O) groups is 1. The zero-order chi connectivity index (χ0) is 23.4. The van der Waals surface area contributed by atoms with E-state index in [1.165, 1.54) is 12.6 Å². The summed E-state index contributed by atoms with van der Waals surface area (Å²) in [5.41, 5.74) is 2.81. The van der Waals surface area contributed by atoms with Crippen LogP contribution in [0.25, 0.3) is 28.2 Å². The van der Waals surface area contributed by atoms with Gasteiger partial charge in [0.25, 0.3) is 0 Å². The Balaban J connectivity index is 0.000000318. The van der Waals surface area contributed by atoms with E-state index in [4.69, 9.17) is 9.78 Å². The molecule has 1 aliphatic heterocycles. The number of nitrogens with one attached hydrogen (secondary N) is 1. The summed E-state index contributed by atoms with van der Waals surface area (Å²) in [5.74, 6) is 1.46. The van der Waals surface area contributed by atoms with E-state index < -0.39 is 0 Å². The zero-order valence-electron chi connectivity index (χ0n) is 18.7. The number of aromatic nitrogens is 5. The highest BCUT2D eigenvalue weighted by Crippen LogP contribution is 2.29. The van der Waals surface area contributed by atoms with Gasteiger partial charge < -0.3 is 14.7 Å². The van der Waals surface area contributed by atoms with Gasteiger partial charge in [0.15, 0.2) is 17.2 Å². The van der Waals surface area contributed by atoms with Crippen LogP contribution < -0.4 is 5.32 Å². The van der Waals surface area contributed by atoms with Gasteiger partial charge >= 0.3 is 0 Å². The van der Waals surface area contributed by atoms with Crippen molar-refractivity contribution in [3.8, 4) is 23.2 Å². The third-order valence-corrected chi connectivity index (χ3v) is 5.09. The summed E-state index contributed by atoms with van der Waals surface area (Å²) >= 11 is 0. The molecule has 1 fully saturated rings. The van der Waals surface area contributed by atoms with Crippen LogP contribution in [0.4, 0.5) is 5.69 Å². The maximum Gasteiger partial charge on any atom is 0.219 e. The lowest BCUT2D eigenvalue weighted by Gasteiger charge is -2.29. The van der Waals surface area contributed by atoms with Gasteiger partial charge in [-0.25, -0.2) is 9.97 Å². The molecule has 0 unspecified atom stereocenters. The number of nitrogens with zero attached hydrogens (tertiary/aromatic N) is 7. The number of amides is 1. The first-order chi connectivity index (χ1) is 16.0. The Labute approximate surface area is 190 Å². The average molecular weight is 444 g/mol. The lowest BCUT2D eigenvalue weighted by Crippen LogP contribution is -2.40. The zero-order valence-corrected chi connectivity index (χ0v) is 18.7. The van der Waals surface area contributed by atoms with Crippen molar-refractivity contribution in [2.75, 3.05) is 18.4 Å². The summed E-state index contributed by atoms with van der Waals surface area (Å²) in [4.78, 5) is 21.0. The maximum atomic E-state index is 10.4. The fraction of sp³-hybridized carbons (Fsp3) is 0.304. The van der Waals surface area contributed by atoms with Crippen molar-refractivity contribution < 1.29 is 9.32 Å². The van der Waals surface area contributed by atoms with Crippen LogP contribution in [-0.4, -0.2) is 54.8 Å². The average Bonchev–Trinajstić information content (AvgIpc) is 3.41. The second-order valence-corrected chi connectivity index (χ2v) is 7.93. The van der Waals surface area contributed by atoms with Crippen molar-refractivity contribution >= 4 is 22.6 Å². The maximum absolute atomic E-state index is 10.4. The van der Waals surface area contributed by atoms with Crippen molar-refractivity contribution in [1.82, 2.24) is 29.8 Å². The molecule has 1 N–H and O–H groups in total. The summed E-state index contributed by atoms with van der Waals surface area (Å²) in [7, 11) is 0. The fourth-order valence-electron chi connectivity index (χ4n) is 3.32. The van der Waals surface area contributed by atoms with E-state index in [2.05, 4.69) is 45.5 Å². The predicted molar refractivity (Wildman–Crippen MR) is 123 cm³/mol. The number of rotatable bonds is 4. The van der Waals surface area contributed by atoms with E-state index >= 15 is 0 Å². The molecule has 0 atom stereocenters. The number of anilines is 1. The minimum absolute atomic E-state index is 0.214. The van der Waals surface area contributed by atoms with Crippen LogP contribution in [0.5, 0.6) is 0 Å². The molecule has 0 spiro atoms. The molecular weight excluding hydrogens is 420 g/mol. The minimum atomic E-state index is 0.214. The highest BCUT2D eigenvalue weighted by molar-refractivity contribution is 5.79. The van der Waals surface area contributed by atoms with Crippen molar-refractivity contribution in [2.45, 2.75) is 33.2 Å². The molecular formula is C23H24N8O2. The molecule has 10 heteroatoms. The predicted octanol–water partition coefficient (Wildman–Crippen LogP) is 3.40. The molecule has 4 aromatic heterocycles. The third-order valence-electron chi connectivity index (χ3n) is 5.09. The van der Waals surface area contributed by atoms with E-state index in [9.17, 15) is 4.79 Å². The molecule has 4 aromatic rings. The largest absolute Gasteiger partial charge is 0.382 e. The lowest BCUT2D eigenvalue weighted by molar-refractivity contribution is -0.132. The number of nitriles is 1. The van der Waals surface area contributed by atoms with E-state index in [1.807, 2.05) is 11.0 Å². The number of hydrogen-bond donors (Lipinski definition) is 1. The monoisotopic (exact) mass is 444 g/mol. The normalized spacial score (nSPS) is 12.6. The molecule has 0 aliphatic carbocycles. The van der Waals surface area contributed by atoms with Crippen LogP contribution in [0.2, 0.25) is 0 Å². The number of fused-ring (bicyclic) bond motifs is 1. The highest BCUT2D eigenvalue weighted by Gasteiger charge is 2.16. The summed E-state index contributed by atoms with van der Waals surface area (Å²) in [6.07, 6.45) is 7.71. The van der Waals surface area contributed by atoms with E-state index in [-0.39, 0.29) is 11.9 Å². The molecule has 1 amide bonds. The van der Waals surface area contributed by atoms with E-state index in [0.717, 1.165) is 29.7 Å². The quantitative estimate of drug-likeness (QED) is 0.508. The summed E-state index contributed by atoms with van der Waals surface area (Å²) in [6.45, 7) is 7.68. The first kappa shape index (κ1) is 22.0. The van der Waals surface area contributed by atoms with Crippen LogP contribution >= 0.6 is 0 Å². The molecule has 0 saturated carbocycles. The van der Waals surface area contributed by atoms with Gasteiger partial charge in [-0.2, -0.15) is 15.0 Å². The van der Waals surface area contributed by atoms with Crippen molar-refractivity contribution in [3.63, 3.8) is 0 Å². The van der Waals surface area contributed by atoms with Gasteiger partial charge in [-0.05, 0) is 26.3 Å². The molecule has 0 aromatic carbocycles. The summed E-state index contributed by atoms with van der Waals surface area (Å²) in [5, 5.41) is 21.3. The summed E-state index contributed by atoms with van der Waals surface area (Å²) < 4.78 is 6.92. The van der Waals surface area contributed by atoms with Crippen LogP contribution in [0, 0.1) is 11.3 Å². The van der Waals surface area contributed by atoms with Gasteiger partial charge in [0.1, 0.15) is 6.07 Å². The smallest absolute Gasteiger partial charge is 0.219 e. The van der Waals surface area contributed by atoms with Gasteiger partial charge in [0, 0.05) is 56.0 Å². The van der Waals surface area contributed by atoms with Gasteiger partial charge in [-0.1, -0.05) is 5.16 Å². The molecule has 1 aliphatic rings. The molecule has 1 saturated heterocycles. The van der Waals surface area contributed by atoms with Crippen LogP contribution in [0.3, 0.4) is 0 Å². The van der Waals surface area contributed by atoms with E-state index in [1.54, 1.807) is 42.3 Å². The van der Waals surface area contributed by atoms with Crippen LogP contribution in [0.1, 0.15) is 32.8 Å². The number of hydrogen-bond acceptors (Lipinski definition) is 8. The Bertz CT molecular complexity index is 1300. The Morgan fingerprint density at radius 3 is 2.61 bits per heavy atom. The third kappa shape index (κ3) is 4.82. The Morgan fingerprint density at radius 2 is 2.03 bits per heavy atom. The van der Waals surface area contributed by atoms with Crippen molar-refractivity contribution in [1.29, 1.82) is 5.26 Å². The first-order valence-electron chi connectivity index (χ1n) is 10.6. The molecule has 0 radical (unpaired) electrons. The number of pyridine rings is 2. The molecule has 5 rings (SSSR count).